The van der Waals surface area contributed by atoms with Gasteiger partial charge in [0.2, 0.25) is 11.8 Å². The van der Waals surface area contributed by atoms with Gasteiger partial charge in [-0.25, -0.2) is 0 Å². The molecule has 0 radical (unpaired) electrons. The Balaban J connectivity index is 1.95. The number of hydrogen-bond donors (Lipinski definition) is 2. The first-order valence-corrected chi connectivity index (χ1v) is 10.0. The smallest absolute Gasteiger partial charge is 0.237 e. The van der Waals surface area contributed by atoms with Crippen LogP contribution in [0.5, 0.6) is 5.75 Å². The molecule has 138 valence electrons. The van der Waals surface area contributed by atoms with Crippen molar-refractivity contribution in [2.24, 2.45) is 0 Å². The molecular weight excluding hydrogens is 338 g/mol. The van der Waals surface area contributed by atoms with Gasteiger partial charge in [-0.3, -0.25) is 14.5 Å². The third kappa shape index (κ3) is 6.25. The Labute approximate surface area is 153 Å². The predicted octanol–water partition coefficient (Wildman–Crippen LogP) is 1.26. The number of rotatable bonds is 9. The summed E-state index contributed by atoms with van der Waals surface area (Å²) in [6.07, 6.45) is 2.19. The minimum Gasteiger partial charge on any atom is -0.494 e. The SMILES string of the molecule is CCOc1ccc(CN2CCNC(=O)[C@@H]2CC(=O)NCCSC)cc1. The Kier molecular flexibility index (Phi) is 8.08. The van der Waals surface area contributed by atoms with E-state index in [1.165, 1.54) is 0 Å². The lowest BCUT2D eigenvalue weighted by molar-refractivity contribution is -0.134. The van der Waals surface area contributed by atoms with Crippen molar-refractivity contribution in [3.63, 3.8) is 0 Å². The van der Waals surface area contributed by atoms with Crippen molar-refractivity contribution in [3.8, 4) is 5.75 Å². The normalized spacial score (nSPS) is 17.8. The number of amides is 2. The molecule has 0 aliphatic carbocycles. The fourth-order valence-electron chi connectivity index (χ4n) is 2.81. The third-order valence-corrected chi connectivity index (χ3v) is 4.68. The van der Waals surface area contributed by atoms with E-state index >= 15 is 0 Å². The molecule has 0 bridgehead atoms. The Morgan fingerprint density at radius 1 is 1.40 bits per heavy atom. The maximum Gasteiger partial charge on any atom is 0.237 e. The summed E-state index contributed by atoms with van der Waals surface area (Å²) in [5.41, 5.74) is 1.10. The lowest BCUT2D eigenvalue weighted by Gasteiger charge is -2.34. The van der Waals surface area contributed by atoms with Crippen LogP contribution in [0.2, 0.25) is 0 Å². The van der Waals surface area contributed by atoms with Crippen LogP contribution >= 0.6 is 11.8 Å². The molecule has 1 aromatic carbocycles. The zero-order valence-corrected chi connectivity index (χ0v) is 15.7. The van der Waals surface area contributed by atoms with Gasteiger partial charge in [0.25, 0.3) is 0 Å². The molecule has 0 spiro atoms. The van der Waals surface area contributed by atoms with Crippen LogP contribution in [0, 0.1) is 0 Å². The van der Waals surface area contributed by atoms with E-state index in [9.17, 15) is 9.59 Å². The highest BCUT2D eigenvalue weighted by Gasteiger charge is 2.31. The van der Waals surface area contributed by atoms with Crippen LogP contribution < -0.4 is 15.4 Å². The molecule has 1 atom stereocenters. The molecule has 7 heteroatoms. The third-order valence-electron chi connectivity index (χ3n) is 4.07. The van der Waals surface area contributed by atoms with Gasteiger partial charge in [0.1, 0.15) is 5.75 Å². The van der Waals surface area contributed by atoms with Gasteiger partial charge in [-0.05, 0) is 30.9 Å². The number of benzene rings is 1. The van der Waals surface area contributed by atoms with Gasteiger partial charge < -0.3 is 15.4 Å². The fraction of sp³-hybridized carbons (Fsp3) is 0.556. The Morgan fingerprint density at radius 2 is 2.16 bits per heavy atom. The largest absolute Gasteiger partial charge is 0.494 e. The molecule has 2 amide bonds. The van der Waals surface area contributed by atoms with Gasteiger partial charge in [-0.2, -0.15) is 11.8 Å². The van der Waals surface area contributed by atoms with Crippen molar-refractivity contribution in [3.05, 3.63) is 29.8 Å². The highest BCUT2D eigenvalue weighted by molar-refractivity contribution is 7.98. The second-order valence-corrected chi connectivity index (χ2v) is 6.89. The van der Waals surface area contributed by atoms with Crippen LogP contribution in [-0.2, 0) is 16.1 Å². The van der Waals surface area contributed by atoms with E-state index in [0.29, 0.717) is 26.2 Å². The van der Waals surface area contributed by atoms with Gasteiger partial charge in [0.05, 0.1) is 19.1 Å². The van der Waals surface area contributed by atoms with Crippen molar-refractivity contribution in [1.82, 2.24) is 15.5 Å². The Hall–Kier alpha value is -1.73. The van der Waals surface area contributed by atoms with Crippen LogP contribution in [0.15, 0.2) is 24.3 Å². The molecule has 0 unspecified atom stereocenters. The summed E-state index contributed by atoms with van der Waals surface area (Å²) in [6.45, 7) is 5.21. The van der Waals surface area contributed by atoms with Gasteiger partial charge in [0, 0.05) is 31.9 Å². The molecular formula is C18H27N3O3S. The number of ether oxygens (including phenoxy) is 1. The molecule has 1 aliphatic heterocycles. The number of nitrogens with one attached hydrogen (secondary N) is 2. The first-order valence-electron chi connectivity index (χ1n) is 8.63. The summed E-state index contributed by atoms with van der Waals surface area (Å²) < 4.78 is 5.46. The number of carbonyl (C=O) groups is 2. The molecule has 1 aliphatic rings. The lowest BCUT2D eigenvalue weighted by atomic mass is 10.1. The topological polar surface area (TPSA) is 70.7 Å². The summed E-state index contributed by atoms with van der Waals surface area (Å²) in [5.74, 6) is 1.57. The van der Waals surface area contributed by atoms with E-state index in [1.807, 2.05) is 37.4 Å². The summed E-state index contributed by atoms with van der Waals surface area (Å²) in [4.78, 5) is 26.4. The maximum atomic E-state index is 12.2. The van der Waals surface area contributed by atoms with Gasteiger partial charge in [0.15, 0.2) is 0 Å². The first kappa shape index (κ1) is 19.6. The standard InChI is InChI=1S/C18H27N3O3S/c1-3-24-15-6-4-14(5-7-15)13-21-10-8-20-18(23)16(21)12-17(22)19-9-11-25-2/h4-7,16H,3,8-13H2,1-2H3,(H,19,22)(H,20,23)/t16-/m0/s1. The molecule has 25 heavy (non-hydrogen) atoms. The van der Waals surface area contributed by atoms with Crippen molar-refractivity contribution in [2.45, 2.75) is 25.9 Å². The van der Waals surface area contributed by atoms with E-state index in [-0.39, 0.29) is 18.2 Å². The maximum absolute atomic E-state index is 12.2. The van der Waals surface area contributed by atoms with Crippen LogP contribution in [0.3, 0.4) is 0 Å². The van der Waals surface area contributed by atoms with Crippen LogP contribution in [0.1, 0.15) is 18.9 Å². The van der Waals surface area contributed by atoms with Crippen molar-refractivity contribution < 1.29 is 14.3 Å². The number of hydrogen-bond acceptors (Lipinski definition) is 5. The van der Waals surface area contributed by atoms with Crippen LogP contribution in [0.25, 0.3) is 0 Å². The fourth-order valence-corrected chi connectivity index (χ4v) is 3.11. The molecule has 6 nitrogen and oxygen atoms in total. The monoisotopic (exact) mass is 365 g/mol. The average Bonchev–Trinajstić information content (AvgIpc) is 2.60. The lowest BCUT2D eigenvalue weighted by Crippen LogP contribution is -2.56. The van der Waals surface area contributed by atoms with Crippen LogP contribution in [-0.4, -0.2) is 61.0 Å². The van der Waals surface area contributed by atoms with Crippen LogP contribution in [0.4, 0.5) is 0 Å². The predicted molar refractivity (Wildman–Crippen MR) is 101 cm³/mol. The zero-order valence-electron chi connectivity index (χ0n) is 14.9. The number of thioether (sulfide) groups is 1. The van der Waals surface area contributed by atoms with Gasteiger partial charge >= 0.3 is 0 Å². The summed E-state index contributed by atoms with van der Waals surface area (Å²) in [6, 6.07) is 7.47. The summed E-state index contributed by atoms with van der Waals surface area (Å²) in [5, 5.41) is 5.74. The number of nitrogens with zero attached hydrogens (tertiary/aromatic N) is 1. The number of carbonyl (C=O) groups excluding carboxylic acids is 2. The highest BCUT2D eigenvalue weighted by atomic mass is 32.2. The van der Waals surface area contributed by atoms with Gasteiger partial charge in [-0.1, -0.05) is 12.1 Å². The Bertz CT molecular complexity index is 565. The summed E-state index contributed by atoms with van der Waals surface area (Å²) >= 11 is 1.68. The molecule has 2 N–H and O–H groups in total. The molecule has 0 aromatic heterocycles. The van der Waals surface area contributed by atoms with E-state index < -0.39 is 6.04 Å². The molecule has 1 saturated heterocycles. The molecule has 0 saturated carbocycles. The molecule has 2 rings (SSSR count). The van der Waals surface area contributed by atoms with Crippen molar-refractivity contribution in [2.75, 3.05) is 38.2 Å². The first-order chi connectivity index (χ1) is 12.1. The summed E-state index contributed by atoms with van der Waals surface area (Å²) in [7, 11) is 0. The quantitative estimate of drug-likeness (QED) is 0.645. The van der Waals surface area contributed by atoms with E-state index in [0.717, 1.165) is 23.6 Å². The van der Waals surface area contributed by atoms with Gasteiger partial charge in [-0.15, -0.1) is 0 Å². The average molecular weight is 365 g/mol. The van der Waals surface area contributed by atoms with E-state index in [2.05, 4.69) is 15.5 Å². The van der Waals surface area contributed by atoms with E-state index in [1.54, 1.807) is 11.8 Å². The Morgan fingerprint density at radius 3 is 2.84 bits per heavy atom. The van der Waals surface area contributed by atoms with E-state index in [4.69, 9.17) is 4.74 Å². The second-order valence-electron chi connectivity index (χ2n) is 5.90. The highest BCUT2D eigenvalue weighted by Crippen LogP contribution is 2.17. The van der Waals surface area contributed by atoms with Crippen molar-refractivity contribution in [1.29, 1.82) is 0 Å². The number of piperazine rings is 1. The van der Waals surface area contributed by atoms with Crippen molar-refractivity contribution >= 4 is 23.6 Å². The molecule has 1 aromatic rings. The minimum absolute atomic E-state index is 0.0720. The second kappa shape index (κ2) is 10.3. The zero-order chi connectivity index (χ0) is 18.1. The minimum atomic E-state index is -0.422. The molecule has 1 heterocycles. The molecule has 1 fully saturated rings.